The van der Waals surface area contributed by atoms with Crippen LogP contribution in [-0.4, -0.2) is 84.0 Å². The SMILES string of the molecule is CC1CC(N2CCN(CC(=O)N3CCCCC3C)CC2)C(=O)O1. The lowest BCUT2D eigenvalue weighted by atomic mass is 10.0. The fourth-order valence-electron chi connectivity index (χ4n) is 4.02. The van der Waals surface area contributed by atoms with E-state index < -0.39 is 0 Å². The topological polar surface area (TPSA) is 53.1 Å². The van der Waals surface area contributed by atoms with Crippen LogP contribution in [0.2, 0.25) is 0 Å². The van der Waals surface area contributed by atoms with Gasteiger partial charge in [0.25, 0.3) is 0 Å². The molecule has 0 aliphatic carbocycles. The second-order valence-corrected chi connectivity index (χ2v) is 7.24. The molecule has 3 aliphatic heterocycles. The highest BCUT2D eigenvalue weighted by Crippen LogP contribution is 2.21. The Bertz CT molecular complexity index is 448. The fraction of sp³-hybridized carbons (Fsp3) is 0.882. The van der Waals surface area contributed by atoms with Gasteiger partial charge in [-0.1, -0.05) is 0 Å². The molecule has 0 radical (unpaired) electrons. The zero-order chi connectivity index (χ0) is 16.4. The molecule has 0 saturated carbocycles. The minimum atomic E-state index is -0.0795. The van der Waals surface area contributed by atoms with Crippen molar-refractivity contribution in [3.05, 3.63) is 0 Å². The van der Waals surface area contributed by atoms with E-state index in [1.54, 1.807) is 0 Å². The normalized spacial score (nSPS) is 33.7. The van der Waals surface area contributed by atoms with E-state index in [1.165, 1.54) is 6.42 Å². The van der Waals surface area contributed by atoms with Gasteiger partial charge in [0.05, 0.1) is 6.54 Å². The van der Waals surface area contributed by atoms with Crippen molar-refractivity contribution >= 4 is 11.9 Å². The van der Waals surface area contributed by atoms with Gasteiger partial charge in [0.2, 0.25) is 5.91 Å². The third-order valence-corrected chi connectivity index (χ3v) is 5.47. The van der Waals surface area contributed by atoms with Crippen LogP contribution in [0.5, 0.6) is 0 Å². The predicted molar refractivity (Wildman–Crippen MR) is 87.0 cm³/mol. The summed E-state index contributed by atoms with van der Waals surface area (Å²) in [6.07, 6.45) is 4.32. The number of likely N-dealkylation sites (tertiary alicyclic amines) is 1. The van der Waals surface area contributed by atoms with Crippen LogP contribution in [0.15, 0.2) is 0 Å². The van der Waals surface area contributed by atoms with Crippen molar-refractivity contribution in [2.75, 3.05) is 39.3 Å². The van der Waals surface area contributed by atoms with Crippen LogP contribution >= 0.6 is 0 Å². The number of carbonyl (C=O) groups excluding carboxylic acids is 2. The van der Waals surface area contributed by atoms with E-state index in [0.29, 0.717) is 12.6 Å². The van der Waals surface area contributed by atoms with Crippen molar-refractivity contribution in [2.45, 2.75) is 57.7 Å². The summed E-state index contributed by atoms with van der Waals surface area (Å²) in [5.41, 5.74) is 0. The van der Waals surface area contributed by atoms with E-state index in [-0.39, 0.29) is 24.0 Å². The van der Waals surface area contributed by atoms with E-state index in [9.17, 15) is 9.59 Å². The van der Waals surface area contributed by atoms with Gasteiger partial charge in [-0.15, -0.1) is 0 Å². The molecular formula is C17H29N3O3. The number of amides is 1. The first-order valence-corrected chi connectivity index (χ1v) is 9.01. The van der Waals surface area contributed by atoms with Gasteiger partial charge in [0.15, 0.2) is 0 Å². The highest BCUT2D eigenvalue weighted by Gasteiger charge is 2.38. The quantitative estimate of drug-likeness (QED) is 0.716. The van der Waals surface area contributed by atoms with Gasteiger partial charge in [-0.3, -0.25) is 19.4 Å². The third-order valence-electron chi connectivity index (χ3n) is 5.47. The molecule has 3 atom stereocenters. The third kappa shape index (κ3) is 3.86. The van der Waals surface area contributed by atoms with Crippen LogP contribution < -0.4 is 0 Å². The first kappa shape index (κ1) is 16.7. The van der Waals surface area contributed by atoms with Crippen LogP contribution in [0.1, 0.15) is 39.5 Å². The van der Waals surface area contributed by atoms with Crippen LogP contribution in [0.25, 0.3) is 0 Å². The molecule has 0 N–H and O–H groups in total. The van der Waals surface area contributed by atoms with Crippen LogP contribution in [0, 0.1) is 0 Å². The second kappa shape index (κ2) is 7.18. The van der Waals surface area contributed by atoms with E-state index >= 15 is 0 Å². The number of carbonyl (C=O) groups is 2. The van der Waals surface area contributed by atoms with Crippen molar-refractivity contribution < 1.29 is 14.3 Å². The number of cyclic esters (lactones) is 1. The summed E-state index contributed by atoms with van der Waals surface area (Å²) in [6, 6.07) is 0.303. The molecule has 1 amide bonds. The molecule has 0 aromatic carbocycles. The Morgan fingerprint density at radius 2 is 1.87 bits per heavy atom. The monoisotopic (exact) mass is 323 g/mol. The van der Waals surface area contributed by atoms with Gasteiger partial charge in [0, 0.05) is 45.2 Å². The maximum atomic E-state index is 12.5. The average molecular weight is 323 g/mol. The van der Waals surface area contributed by atoms with Gasteiger partial charge in [0.1, 0.15) is 12.1 Å². The molecular weight excluding hydrogens is 294 g/mol. The summed E-state index contributed by atoms with van der Waals surface area (Å²) in [7, 11) is 0. The molecule has 3 unspecified atom stereocenters. The van der Waals surface area contributed by atoms with Crippen molar-refractivity contribution in [3.8, 4) is 0 Å². The van der Waals surface area contributed by atoms with Crippen molar-refractivity contribution in [2.24, 2.45) is 0 Å². The predicted octanol–water partition coefficient (Wildman–Crippen LogP) is 0.709. The van der Waals surface area contributed by atoms with Gasteiger partial charge in [-0.25, -0.2) is 0 Å². The zero-order valence-corrected chi connectivity index (χ0v) is 14.4. The Kier molecular flexibility index (Phi) is 5.21. The number of rotatable bonds is 3. The number of hydrogen-bond donors (Lipinski definition) is 0. The molecule has 3 fully saturated rings. The lowest BCUT2D eigenvalue weighted by molar-refractivity contribution is -0.145. The highest BCUT2D eigenvalue weighted by molar-refractivity contribution is 5.79. The fourth-order valence-corrected chi connectivity index (χ4v) is 4.02. The number of nitrogens with zero attached hydrogens (tertiary/aromatic N) is 3. The smallest absolute Gasteiger partial charge is 0.323 e. The number of ether oxygens (including phenoxy) is 1. The first-order valence-electron chi connectivity index (χ1n) is 9.01. The van der Waals surface area contributed by atoms with Crippen LogP contribution in [0.3, 0.4) is 0 Å². The molecule has 3 aliphatic rings. The Morgan fingerprint density at radius 1 is 1.13 bits per heavy atom. The molecule has 6 heteroatoms. The molecule has 0 spiro atoms. The standard InChI is InChI=1S/C17H29N3O3/c1-13-5-3-4-6-20(13)16(21)12-18-7-9-19(10-8-18)15-11-14(2)23-17(15)22/h13-15H,3-12H2,1-2H3. The van der Waals surface area contributed by atoms with E-state index in [2.05, 4.69) is 16.7 Å². The Labute approximate surface area is 138 Å². The zero-order valence-electron chi connectivity index (χ0n) is 14.4. The molecule has 3 saturated heterocycles. The van der Waals surface area contributed by atoms with Crippen molar-refractivity contribution in [1.82, 2.24) is 14.7 Å². The summed E-state index contributed by atoms with van der Waals surface area (Å²) < 4.78 is 5.25. The minimum absolute atomic E-state index is 0.0349. The second-order valence-electron chi connectivity index (χ2n) is 7.24. The molecule has 3 rings (SSSR count). The number of piperazine rings is 1. The lowest BCUT2D eigenvalue weighted by Crippen LogP contribution is -2.54. The molecule has 0 aromatic rings. The van der Waals surface area contributed by atoms with E-state index in [4.69, 9.17) is 4.74 Å². The number of hydrogen-bond acceptors (Lipinski definition) is 5. The van der Waals surface area contributed by atoms with Crippen molar-refractivity contribution in [3.63, 3.8) is 0 Å². The largest absolute Gasteiger partial charge is 0.461 e. The Morgan fingerprint density at radius 3 is 2.48 bits per heavy atom. The summed E-state index contributed by atoms with van der Waals surface area (Å²) in [6.45, 7) is 8.92. The van der Waals surface area contributed by atoms with Gasteiger partial charge >= 0.3 is 5.97 Å². The maximum Gasteiger partial charge on any atom is 0.323 e. The van der Waals surface area contributed by atoms with Gasteiger partial charge in [-0.05, 0) is 33.1 Å². The molecule has 6 nitrogen and oxygen atoms in total. The van der Waals surface area contributed by atoms with E-state index in [0.717, 1.165) is 52.0 Å². The van der Waals surface area contributed by atoms with E-state index in [1.807, 2.05) is 11.8 Å². The lowest BCUT2D eigenvalue weighted by Gasteiger charge is -2.39. The van der Waals surface area contributed by atoms with Crippen LogP contribution in [0.4, 0.5) is 0 Å². The number of esters is 1. The molecule has 3 heterocycles. The summed E-state index contributed by atoms with van der Waals surface area (Å²) in [5.74, 6) is 0.184. The molecule has 0 aromatic heterocycles. The minimum Gasteiger partial charge on any atom is -0.461 e. The van der Waals surface area contributed by atoms with Crippen molar-refractivity contribution in [1.29, 1.82) is 0 Å². The van der Waals surface area contributed by atoms with Gasteiger partial charge in [-0.2, -0.15) is 0 Å². The Hall–Kier alpha value is -1.14. The maximum absolute atomic E-state index is 12.5. The molecule has 0 bridgehead atoms. The highest BCUT2D eigenvalue weighted by atomic mass is 16.6. The molecule has 130 valence electrons. The summed E-state index contributed by atoms with van der Waals surface area (Å²) in [4.78, 5) is 30.8. The van der Waals surface area contributed by atoms with Crippen LogP contribution in [-0.2, 0) is 14.3 Å². The summed E-state index contributed by atoms with van der Waals surface area (Å²) >= 11 is 0. The molecule has 23 heavy (non-hydrogen) atoms. The Balaban J connectivity index is 1.45. The first-order chi connectivity index (χ1) is 11.0. The average Bonchev–Trinajstić information content (AvgIpc) is 2.87. The number of piperidine rings is 1. The summed E-state index contributed by atoms with van der Waals surface area (Å²) in [5, 5.41) is 0. The van der Waals surface area contributed by atoms with Gasteiger partial charge < -0.3 is 9.64 Å².